The first-order valence-corrected chi connectivity index (χ1v) is 9.51. The monoisotopic (exact) mass is 397 g/mol. The van der Waals surface area contributed by atoms with Crippen molar-refractivity contribution in [2.45, 2.75) is 40.6 Å². The van der Waals surface area contributed by atoms with Crippen molar-refractivity contribution in [3.63, 3.8) is 0 Å². The van der Waals surface area contributed by atoms with E-state index in [1.54, 1.807) is 36.0 Å². The van der Waals surface area contributed by atoms with Crippen molar-refractivity contribution in [3.8, 4) is 11.5 Å². The van der Waals surface area contributed by atoms with E-state index in [0.717, 1.165) is 29.2 Å². The van der Waals surface area contributed by atoms with E-state index in [0.29, 0.717) is 18.0 Å². The summed E-state index contributed by atoms with van der Waals surface area (Å²) in [5.74, 6) is 1.32. The van der Waals surface area contributed by atoms with Crippen LogP contribution in [0.25, 0.3) is 0 Å². The summed E-state index contributed by atoms with van der Waals surface area (Å²) in [7, 11) is 3.39. The van der Waals surface area contributed by atoms with Crippen molar-refractivity contribution in [1.82, 2.24) is 24.5 Å². The van der Waals surface area contributed by atoms with E-state index in [2.05, 4.69) is 17.1 Å². The smallest absolute Gasteiger partial charge is 0.274 e. The van der Waals surface area contributed by atoms with Gasteiger partial charge in [0.25, 0.3) is 5.91 Å². The van der Waals surface area contributed by atoms with Crippen LogP contribution in [0, 0.1) is 13.8 Å². The maximum atomic E-state index is 12.8. The molecular formula is C21H27N5O3. The number of hydrogen-bond acceptors (Lipinski definition) is 5. The summed E-state index contributed by atoms with van der Waals surface area (Å²) in [6.07, 6.45) is 1.73. The lowest BCUT2D eigenvalue weighted by Gasteiger charge is -2.16. The number of methoxy groups -OCH3 is 1. The minimum absolute atomic E-state index is 0.142. The van der Waals surface area contributed by atoms with Crippen LogP contribution in [0.1, 0.15) is 34.4 Å². The second-order valence-corrected chi connectivity index (χ2v) is 6.82. The number of carbonyl (C=O) groups is 1. The molecule has 8 nitrogen and oxygen atoms in total. The Hall–Kier alpha value is -3.29. The van der Waals surface area contributed by atoms with Crippen LogP contribution in [-0.2, 0) is 19.8 Å². The highest BCUT2D eigenvalue weighted by atomic mass is 16.5. The molecule has 1 aromatic carbocycles. The zero-order chi connectivity index (χ0) is 21.0. The van der Waals surface area contributed by atoms with Gasteiger partial charge in [-0.05, 0) is 51.1 Å². The van der Waals surface area contributed by atoms with E-state index in [1.807, 2.05) is 42.8 Å². The molecule has 0 aliphatic heterocycles. The fraction of sp³-hybridized carbons (Fsp3) is 0.381. The van der Waals surface area contributed by atoms with Crippen molar-refractivity contribution in [3.05, 3.63) is 59.2 Å². The predicted molar refractivity (Wildman–Crippen MR) is 109 cm³/mol. The Morgan fingerprint density at radius 3 is 2.41 bits per heavy atom. The number of nitrogens with zero attached hydrogens (tertiary/aromatic N) is 5. The Kier molecular flexibility index (Phi) is 6.21. The lowest BCUT2D eigenvalue weighted by Crippen LogP contribution is -2.27. The molecule has 0 N–H and O–H groups in total. The van der Waals surface area contributed by atoms with Crippen LogP contribution in [0.5, 0.6) is 11.5 Å². The quantitative estimate of drug-likeness (QED) is 0.584. The van der Waals surface area contributed by atoms with Crippen LogP contribution in [-0.4, -0.2) is 44.5 Å². The molecule has 0 unspecified atom stereocenters. The summed E-state index contributed by atoms with van der Waals surface area (Å²) in [5.41, 5.74) is 3.49. The number of amides is 1. The highest BCUT2D eigenvalue weighted by molar-refractivity contribution is 5.92. The summed E-state index contributed by atoms with van der Waals surface area (Å²) >= 11 is 0. The molecule has 0 radical (unpaired) electrons. The molecule has 0 aliphatic carbocycles. The van der Waals surface area contributed by atoms with Gasteiger partial charge in [0.1, 0.15) is 11.5 Å². The van der Waals surface area contributed by atoms with Gasteiger partial charge in [0.15, 0.2) is 12.4 Å². The predicted octanol–water partition coefficient (Wildman–Crippen LogP) is 3.03. The van der Waals surface area contributed by atoms with Gasteiger partial charge in [-0.3, -0.25) is 9.48 Å². The largest absolute Gasteiger partial charge is 0.497 e. The number of rotatable bonds is 8. The molecule has 1 amide bonds. The zero-order valence-corrected chi connectivity index (χ0v) is 17.5. The van der Waals surface area contributed by atoms with Gasteiger partial charge in [0.05, 0.1) is 12.8 Å². The molecule has 8 heteroatoms. The van der Waals surface area contributed by atoms with Crippen molar-refractivity contribution in [2.24, 2.45) is 0 Å². The van der Waals surface area contributed by atoms with Crippen LogP contribution in [0.15, 0.2) is 36.5 Å². The van der Waals surface area contributed by atoms with Gasteiger partial charge in [0, 0.05) is 37.6 Å². The van der Waals surface area contributed by atoms with Crippen LogP contribution in [0.4, 0.5) is 0 Å². The number of carbonyl (C=O) groups excluding carboxylic acids is 1. The molecule has 0 aliphatic rings. The van der Waals surface area contributed by atoms with Crippen LogP contribution in [0.2, 0.25) is 0 Å². The number of aromatic nitrogens is 4. The normalized spacial score (nSPS) is 10.8. The molecule has 0 spiro atoms. The number of ether oxygens (including phenoxy) is 2. The van der Waals surface area contributed by atoms with Crippen LogP contribution in [0.3, 0.4) is 0 Å². The average molecular weight is 397 g/mol. The van der Waals surface area contributed by atoms with Crippen LogP contribution >= 0.6 is 0 Å². The van der Waals surface area contributed by atoms with E-state index >= 15 is 0 Å². The second kappa shape index (κ2) is 8.81. The minimum Gasteiger partial charge on any atom is -0.497 e. The van der Waals surface area contributed by atoms with E-state index in [-0.39, 0.29) is 12.6 Å². The highest BCUT2D eigenvalue weighted by Gasteiger charge is 2.19. The maximum Gasteiger partial charge on any atom is 0.274 e. The first kappa shape index (κ1) is 20.4. The lowest BCUT2D eigenvalue weighted by atomic mass is 10.2. The standard InChI is InChI=1S/C21H27N5O3/c1-6-26-16(3)19(15(2)22-26)13-24(4)21(27)20-11-12-25(23-20)14-29-18-9-7-17(28-5)8-10-18/h7-12H,6,13-14H2,1-5H3. The molecular weight excluding hydrogens is 370 g/mol. The van der Waals surface area contributed by atoms with Gasteiger partial charge in [-0.1, -0.05) is 0 Å². The van der Waals surface area contributed by atoms with Gasteiger partial charge in [-0.2, -0.15) is 10.2 Å². The minimum atomic E-state index is -0.142. The summed E-state index contributed by atoms with van der Waals surface area (Å²) in [5, 5.41) is 8.86. The Morgan fingerprint density at radius 2 is 1.79 bits per heavy atom. The first-order valence-electron chi connectivity index (χ1n) is 9.51. The molecule has 0 fully saturated rings. The average Bonchev–Trinajstić information content (AvgIpc) is 3.31. The van der Waals surface area contributed by atoms with E-state index < -0.39 is 0 Å². The van der Waals surface area contributed by atoms with Crippen molar-refractivity contribution < 1.29 is 14.3 Å². The first-order chi connectivity index (χ1) is 13.9. The van der Waals surface area contributed by atoms with Crippen molar-refractivity contribution in [2.75, 3.05) is 14.2 Å². The molecule has 3 rings (SSSR count). The summed E-state index contributed by atoms with van der Waals surface area (Å²) in [4.78, 5) is 14.4. The SMILES string of the molecule is CCn1nc(C)c(CN(C)C(=O)c2ccn(COc3ccc(OC)cc3)n2)c1C. The molecule has 0 saturated carbocycles. The van der Waals surface area contributed by atoms with Gasteiger partial charge >= 0.3 is 0 Å². The Balaban J connectivity index is 1.61. The molecule has 0 bridgehead atoms. The Labute approximate surface area is 170 Å². The van der Waals surface area contributed by atoms with E-state index in [9.17, 15) is 4.79 Å². The zero-order valence-electron chi connectivity index (χ0n) is 17.5. The number of aryl methyl sites for hydroxylation is 2. The van der Waals surface area contributed by atoms with Gasteiger partial charge in [-0.25, -0.2) is 4.68 Å². The third-order valence-corrected chi connectivity index (χ3v) is 4.86. The summed E-state index contributed by atoms with van der Waals surface area (Å²) in [6, 6.07) is 9.00. The second-order valence-electron chi connectivity index (χ2n) is 6.82. The summed E-state index contributed by atoms with van der Waals surface area (Å²) < 4.78 is 14.4. The molecule has 3 aromatic rings. The van der Waals surface area contributed by atoms with Crippen LogP contribution < -0.4 is 9.47 Å². The molecule has 29 heavy (non-hydrogen) atoms. The molecule has 2 aromatic heterocycles. The topological polar surface area (TPSA) is 74.4 Å². The van der Waals surface area contributed by atoms with Gasteiger partial charge in [0.2, 0.25) is 0 Å². The van der Waals surface area contributed by atoms with Gasteiger partial charge < -0.3 is 14.4 Å². The fourth-order valence-electron chi connectivity index (χ4n) is 3.14. The Morgan fingerprint density at radius 1 is 1.10 bits per heavy atom. The summed E-state index contributed by atoms with van der Waals surface area (Å²) in [6.45, 7) is 7.57. The fourth-order valence-corrected chi connectivity index (χ4v) is 3.14. The van der Waals surface area contributed by atoms with E-state index in [1.165, 1.54) is 0 Å². The molecule has 0 atom stereocenters. The lowest BCUT2D eigenvalue weighted by molar-refractivity contribution is 0.0776. The highest BCUT2D eigenvalue weighted by Crippen LogP contribution is 2.18. The molecule has 154 valence electrons. The van der Waals surface area contributed by atoms with Crippen molar-refractivity contribution >= 4 is 5.91 Å². The van der Waals surface area contributed by atoms with Gasteiger partial charge in [-0.15, -0.1) is 0 Å². The number of benzene rings is 1. The van der Waals surface area contributed by atoms with E-state index in [4.69, 9.17) is 9.47 Å². The number of hydrogen-bond donors (Lipinski definition) is 0. The maximum absolute atomic E-state index is 12.8. The Bertz CT molecular complexity index is 975. The third kappa shape index (κ3) is 4.59. The third-order valence-electron chi connectivity index (χ3n) is 4.86. The van der Waals surface area contributed by atoms with Crippen molar-refractivity contribution in [1.29, 1.82) is 0 Å². The molecule has 2 heterocycles. The molecule has 0 saturated heterocycles.